The van der Waals surface area contributed by atoms with E-state index in [-0.39, 0.29) is 0 Å². The average Bonchev–Trinajstić information content (AvgIpc) is 2.64. The normalized spacial score (nSPS) is 11.6. The van der Waals surface area contributed by atoms with E-state index in [1.54, 1.807) is 11.3 Å². The van der Waals surface area contributed by atoms with Crippen molar-refractivity contribution in [3.05, 3.63) is 28.5 Å². The predicted octanol–water partition coefficient (Wildman–Crippen LogP) is 4.85. The smallest absolute Gasteiger partial charge is 0.0433 e. The van der Waals surface area contributed by atoms with Gasteiger partial charge in [0, 0.05) is 22.5 Å². The maximum atomic E-state index is 3.54. The van der Waals surface area contributed by atoms with Crippen molar-refractivity contribution < 1.29 is 0 Å². The van der Waals surface area contributed by atoms with Crippen LogP contribution in [0, 0.1) is 0 Å². The lowest BCUT2D eigenvalue weighted by Gasteiger charge is -2.14. The number of hydrogen-bond acceptors (Lipinski definition) is 2. The van der Waals surface area contributed by atoms with Crippen LogP contribution in [0.15, 0.2) is 22.9 Å². The molecule has 0 spiro atoms. The number of anilines is 1. The molecule has 0 saturated carbocycles. The molecule has 16 heavy (non-hydrogen) atoms. The Balaban J connectivity index is 2.54. The Morgan fingerprint density at radius 3 is 2.44 bits per heavy atom. The first kappa shape index (κ1) is 11.5. The highest BCUT2D eigenvalue weighted by molar-refractivity contribution is 7.09. The van der Waals surface area contributed by atoms with Crippen molar-refractivity contribution in [1.29, 1.82) is 0 Å². The molecular formula is C14H19NS. The number of benzene rings is 1. The molecule has 0 aliphatic heterocycles. The third-order valence-electron chi connectivity index (χ3n) is 2.73. The predicted molar refractivity (Wildman–Crippen MR) is 74.7 cm³/mol. The number of rotatable bonds is 3. The van der Waals surface area contributed by atoms with E-state index in [4.69, 9.17) is 0 Å². The van der Waals surface area contributed by atoms with Crippen LogP contribution in [-0.4, -0.2) is 6.04 Å². The Hall–Kier alpha value is -1.02. The van der Waals surface area contributed by atoms with Crippen LogP contribution in [0.25, 0.3) is 10.8 Å². The first-order valence-electron chi connectivity index (χ1n) is 5.84. The second-order valence-corrected chi connectivity index (χ2v) is 5.64. The second kappa shape index (κ2) is 4.46. The summed E-state index contributed by atoms with van der Waals surface area (Å²) in [5, 5.41) is 10.7. The quantitative estimate of drug-likeness (QED) is 0.799. The first-order chi connectivity index (χ1) is 7.58. The topological polar surface area (TPSA) is 12.0 Å². The van der Waals surface area contributed by atoms with E-state index in [9.17, 15) is 0 Å². The summed E-state index contributed by atoms with van der Waals surface area (Å²) in [4.78, 5) is 0. The third-order valence-corrected chi connectivity index (χ3v) is 3.49. The van der Waals surface area contributed by atoms with Gasteiger partial charge in [0.15, 0.2) is 0 Å². The zero-order valence-corrected chi connectivity index (χ0v) is 11.2. The fraction of sp³-hybridized carbons (Fsp3) is 0.429. The monoisotopic (exact) mass is 233 g/mol. The highest BCUT2D eigenvalue weighted by atomic mass is 32.1. The summed E-state index contributed by atoms with van der Waals surface area (Å²) in [5.41, 5.74) is 2.69. The molecule has 1 aromatic carbocycles. The van der Waals surface area contributed by atoms with Crippen molar-refractivity contribution in [3.8, 4) is 0 Å². The summed E-state index contributed by atoms with van der Waals surface area (Å²) in [5.74, 6) is 0.581. The first-order valence-corrected chi connectivity index (χ1v) is 6.78. The van der Waals surface area contributed by atoms with E-state index < -0.39 is 0 Å². The van der Waals surface area contributed by atoms with Crippen molar-refractivity contribution >= 4 is 27.8 Å². The van der Waals surface area contributed by atoms with Crippen LogP contribution in [0.3, 0.4) is 0 Å². The number of fused-ring (bicyclic) bond motifs is 1. The summed E-state index contributed by atoms with van der Waals surface area (Å²) in [7, 11) is 0. The molecule has 0 aliphatic carbocycles. The molecule has 1 N–H and O–H groups in total. The molecule has 0 unspecified atom stereocenters. The molecule has 0 amide bonds. The highest BCUT2D eigenvalue weighted by Gasteiger charge is 2.08. The standard InChI is InChI=1S/C14H19NS/c1-9(2)11-5-12-7-16-8-13(12)14(6-11)15-10(3)4/h5-10,15H,1-4H3. The minimum absolute atomic E-state index is 0.477. The minimum atomic E-state index is 0.477. The van der Waals surface area contributed by atoms with Crippen molar-refractivity contribution in [2.24, 2.45) is 0 Å². The average molecular weight is 233 g/mol. The van der Waals surface area contributed by atoms with Gasteiger partial charge in [-0.2, -0.15) is 11.3 Å². The maximum absolute atomic E-state index is 3.54. The summed E-state index contributed by atoms with van der Waals surface area (Å²) >= 11 is 1.77. The van der Waals surface area contributed by atoms with Crippen LogP contribution in [-0.2, 0) is 0 Å². The lowest BCUT2D eigenvalue weighted by atomic mass is 9.99. The highest BCUT2D eigenvalue weighted by Crippen LogP contribution is 2.31. The summed E-state index contributed by atoms with van der Waals surface area (Å²) in [6.45, 7) is 8.85. The molecule has 2 aromatic rings. The van der Waals surface area contributed by atoms with E-state index in [0.717, 1.165) is 0 Å². The molecule has 0 bridgehead atoms. The summed E-state index contributed by atoms with van der Waals surface area (Å²) in [6, 6.07) is 5.08. The molecule has 0 saturated heterocycles. The molecular weight excluding hydrogens is 214 g/mol. The van der Waals surface area contributed by atoms with E-state index in [0.29, 0.717) is 12.0 Å². The van der Waals surface area contributed by atoms with Gasteiger partial charge in [0.25, 0.3) is 0 Å². The van der Waals surface area contributed by atoms with Crippen LogP contribution in [0.4, 0.5) is 5.69 Å². The molecule has 0 fully saturated rings. The summed E-state index contributed by atoms with van der Waals surface area (Å²) in [6.07, 6.45) is 0. The van der Waals surface area contributed by atoms with E-state index in [1.165, 1.54) is 22.0 Å². The Labute approximate surface area is 101 Å². The lowest BCUT2D eigenvalue weighted by Crippen LogP contribution is -2.10. The van der Waals surface area contributed by atoms with Gasteiger partial charge in [-0.05, 0) is 48.2 Å². The molecule has 0 radical (unpaired) electrons. The van der Waals surface area contributed by atoms with Crippen LogP contribution in [0.2, 0.25) is 0 Å². The SMILES string of the molecule is CC(C)Nc1cc(C(C)C)cc2cscc12. The molecule has 2 rings (SSSR count). The Kier molecular flexibility index (Phi) is 3.20. The fourth-order valence-electron chi connectivity index (χ4n) is 1.87. The van der Waals surface area contributed by atoms with Gasteiger partial charge >= 0.3 is 0 Å². The molecule has 2 heteroatoms. The molecule has 0 aliphatic rings. The van der Waals surface area contributed by atoms with Crippen LogP contribution >= 0.6 is 11.3 Å². The lowest BCUT2D eigenvalue weighted by molar-refractivity contribution is 0.864. The van der Waals surface area contributed by atoms with Gasteiger partial charge in [-0.25, -0.2) is 0 Å². The van der Waals surface area contributed by atoms with Crippen LogP contribution < -0.4 is 5.32 Å². The van der Waals surface area contributed by atoms with Gasteiger partial charge in [-0.3, -0.25) is 0 Å². The van der Waals surface area contributed by atoms with Gasteiger partial charge in [0.2, 0.25) is 0 Å². The second-order valence-electron chi connectivity index (χ2n) is 4.90. The van der Waals surface area contributed by atoms with Crippen LogP contribution in [0.5, 0.6) is 0 Å². The Morgan fingerprint density at radius 1 is 1.06 bits per heavy atom. The van der Waals surface area contributed by atoms with E-state index in [2.05, 4.69) is 55.9 Å². The number of nitrogens with one attached hydrogen (secondary N) is 1. The molecule has 1 nitrogen and oxygen atoms in total. The van der Waals surface area contributed by atoms with Gasteiger partial charge in [-0.15, -0.1) is 0 Å². The zero-order chi connectivity index (χ0) is 11.7. The van der Waals surface area contributed by atoms with Gasteiger partial charge < -0.3 is 5.32 Å². The largest absolute Gasteiger partial charge is 0.382 e. The Bertz CT molecular complexity index is 482. The molecule has 0 atom stereocenters. The van der Waals surface area contributed by atoms with Gasteiger partial charge in [-0.1, -0.05) is 13.8 Å². The van der Waals surface area contributed by atoms with E-state index >= 15 is 0 Å². The maximum Gasteiger partial charge on any atom is 0.0433 e. The molecule has 1 aromatic heterocycles. The van der Waals surface area contributed by atoms with E-state index in [1.807, 2.05) is 0 Å². The molecule has 1 heterocycles. The van der Waals surface area contributed by atoms with Gasteiger partial charge in [0.1, 0.15) is 0 Å². The van der Waals surface area contributed by atoms with Crippen molar-refractivity contribution in [2.45, 2.75) is 39.7 Å². The van der Waals surface area contributed by atoms with Crippen LogP contribution in [0.1, 0.15) is 39.2 Å². The third kappa shape index (κ3) is 2.22. The van der Waals surface area contributed by atoms with Crippen molar-refractivity contribution in [1.82, 2.24) is 0 Å². The minimum Gasteiger partial charge on any atom is -0.382 e. The number of hydrogen-bond donors (Lipinski definition) is 1. The zero-order valence-electron chi connectivity index (χ0n) is 10.4. The van der Waals surface area contributed by atoms with Crippen molar-refractivity contribution in [2.75, 3.05) is 5.32 Å². The summed E-state index contributed by atoms with van der Waals surface area (Å²) < 4.78 is 0. The fourth-order valence-corrected chi connectivity index (χ4v) is 2.68. The van der Waals surface area contributed by atoms with Gasteiger partial charge in [0.05, 0.1) is 0 Å². The number of thiophene rings is 1. The Morgan fingerprint density at radius 2 is 1.81 bits per heavy atom. The molecule has 86 valence electrons. The van der Waals surface area contributed by atoms with Crippen molar-refractivity contribution in [3.63, 3.8) is 0 Å².